The smallest absolute Gasteiger partial charge is 0.306 e. The molecule has 7 nitrogen and oxygen atoms in total. The van der Waals surface area contributed by atoms with E-state index in [0.717, 1.165) is 50.6 Å². The van der Waals surface area contributed by atoms with Crippen molar-refractivity contribution in [3.05, 3.63) is 76.9 Å². The van der Waals surface area contributed by atoms with Crippen molar-refractivity contribution in [2.75, 3.05) is 19.8 Å². The summed E-state index contributed by atoms with van der Waals surface area (Å²) in [6, 6.07) is 18.2. The van der Waals surface area contributed by atoms with Gasteiger partial charge in [-0.15, -0.1) is 0 Å². The Kier molecular flexibility index (Phi) is 7.90. The molecule has 1 aliphatic heterocycles. The summed E-state index contributed by atoms with van der Waals surface area (Å²) in [5, 5.41) is 21.6. The number of fused-ring (bicyclic) bond motifs is 1. The lowest BCUT2D eigenvalue weighted by Crippen LogP contribution is -2.28. The molecule has 3 aromatic carbocycles. The van der Waals surface area contributed by atoms with Gasteiger partial charge in [-0.1, -0.05) is 36.4 Å². The van der Waals surface area contributed by atoms with Crippen LogP contribution in [0, 0.1) is 13.8 Å². The minimum absolute atomic E-state index is 0.211. The summed E-state index contributed by atoms with van der Waals surface area (Å²) in [7, 11) is 0. The maximum atomic E-state index is 10.7. The quantitative estimate of drug-likeness (QED) is 0.402. The van der Waals surface area contributed by atoms with Gasteiger partial charge in [-0.2, -0.15) is 0 Å². The fourth-order valence-corrected chi connectivity index (χ4v) is 4.09. The van der Waals surface area contributed by atoms with Gasteiger partial charge in [-0.05, 0) is 65.4 Å². The first-order valence-corrected chi connectivity index (χ1v) is 11.7. The number of benzene rings is 3. The van der Waals surface area contributed by atoms with Crippen molar-refractivity contribution in [3.63, 3.8) is 0 Å². The number of nitrogens with one attached hydrogen (secondary N) is 1. The number of ether oxygens (including phenoxy) is 3. The highest BCUT2D eigenvalue weighted by Gasteiger charge is 2.15. The molecule has 7 heteroatoms. The Balaban J connectivity index is 1.42. The summed E-state index contributed by atoms with van der Waals surface area (Å²) in [5.41, 5.74) is 6.46. The third-order valence-corrected chi connectivity index (χ3v) is 6.05. The molecule has 0 aliphatic carbocycles. The zero-order valence-electron chi connectivity index (χ0n) is 20.0. The Morgan fingerprint density at radius 2 is 1.86 bits per heavy atom. The van der Waals surface area contributed by atoms with E-state index in [4.69, 9.17) is 19.3 Å². The lowest BCUT2D eigenvalue weighted by Gasteiger charge is -2.20. The van der Waals surface area contributed by atoms with E-state index in [1.54, 1.807) is 0 Å². The molecule has 4 rings (SSSR count). The number of aliphatic hydroxyl groups excluding tert-OH is 1. The minimum Gasteiger partial charge on any atom is -0.489 e. The fourth-order valence-electron chi connectivity index (χ4n) is 4.09. The van der Waals surface area contributed by atoms with Gasteiger partial charge in [0.15, 0.2) is 11.5 Å². The topological polar surface area (TPSA) is 97.3 Å². The molecule has 3 N–H and O–H groups in total. The second kappa shape index (κ2) is 11.3. The molecular formula is C28H31NO6. The Bertz CT molecular complexity index is 1190. The number of carboxylic acid groups (broad SMARTS) is 1. The first kappa shape index (κ1) is 24.6. The Hall–Kier alpha value is -3.55. The number of rotatable bonds is 10. The van der Waals surface area contributed by atoms with E-state index in [1.807, 2.05) is 43.3 Å². The van der Waals surface area contributed by atoms with Crippen LogP contribution < -0.4 is 19.5 Å². The van der Waals surface area contributed by atoms with Gasteiger partial charge < -0.3 is 29.7 Å². The highest BCUT2D eigenvalue weighted by Crippen LogP contribution is 2.36. The van der Waals surface area contributed by atoms with E-state index in [-0.39, 0.29) is 13.0 Å². The third kappa shape index (κ3) is 6.32. The maximum Gasteiger partial charge on any atom is 0.306 e. The van der Waals surface area contributed by atoms with Crippen molar-refractivity contribution in [1.29, 1.82) is 0 Å². The van der Waals surface area contributed by atoms with Crippen molar-refractivity contribution in [2.45, 2.75) is 39.5 Å². The number of hydrogen-bond acceptors (Lipinski definition) is 6. The molecule has 1 atom stereocenters. The molecule has 0 spiro atoms. The zero-order chi connectivity index (χ0) is 24.8. The van der Waals surface area contributed by atoms with Crippen LogP contribution in [0.5, 0.6) is 17.2 Å². The van der Waals surface area contributed by atoms with Gasteiger partial charge in [-0.3, -0.25) is 4.79 Å². The fraction of sp³-hybridized carbons (Fsp3) is 0.321. The van der Waals surface area contributed by atoms with Crippen molar-refractivity contribution >= 4 is 5.97 Å². The average Bonchev–Trinajstić information content (AvgIpc) is 2.84. The van der Waals surface area contributed by atoms with Gasteiger partial charge >= 0.3 is 5.97 Å². The highest BCUT2D eigenvalue weighted by molar-refractivity contribution is 5.71. The largest absolute Gasteiger partial charge is 0.489 e. The molecule has 0 fully saturated rings. The molecule has 0 aromatic heterocycles. The first-order chi connectivity index (χ1) is 16.9. The summed E-state index contributed by atoms with van der Waals surface area (Å²) >= 11 is 0. The number of aliphatic hydroxyl groups is 1. The van der Waals surface area contributed by atoms with Crippen LogP contribution in [0.1, 0.15) is 28.7 Å². The van der Waals surface area contributed by atoms with Crippen LogP contribution >= 0.6 is 0 Å². The molecule has 1 heterocycles. The molecule has 0 unspecified atom stereocenters. The van der Waals surface area contributed by atoms with E-state index in [2.05, 4.69) is 30.4 Å². The monoisotopic (exact) mass is 477 g/mol. The van der Waals surface area contributed by atoms with E-state index in [9.17, 15) is 9.90 Å². The minimum atomic E-state index is -1.02. The SMILES string of the molecule is Cc1ccc(CNC[C@@H](O)CC(=O)O)cc1OCc1cccc(-c2ccc3c(c2)OCCO3)c1C. The van der Waals surface area contributed by atoms with Crippen LogP contribution in [0.15, 0.2) is 54.6 Å². The van der Waals surface area contributed by atoms with E-state index < -0.39 is 12.1 Å². The number of aryl methyl sites for hydroxylation is 1. The van der Waals surface area contributed by atoms with Gasteiger partial charge in [0.2, 0.25) is 0 Å². The van der Waals surface area contributed by atoms with Crippen molar-refractivity contribution in [1.82, 2.24) is 5.32 Å². The summed E-state index contributed by atoms with van der Waals surface area (Å²) in [6.45, 7) is 6.37. The van der Waals surface area contributed by atoms with Gasteiger partial charge in [0.05, 0.1) is 12.5 Å². The molecule has 3 aromatic rings. The Labute approximate surface area is 205 Å². The van der Waals surface area contributed by atoms with E-state index >= 15 is 0 Å². The lowest BCUT2D eigenvalue weighted by molar-refractivity contribution is -0.139. The molecule has 0 bridgehead atoms. The predicted octanol–water partition coefficient (Wildman–Crippen LogP) is 4.25. The summed E-state index contributed by atoms with van der Waals surface area (Å²) in [5.74, 6) is 1.32. The Morgan fingerprint density at radius 1 is 1.06 bits per heavy atom. The molecule has 184 valence electrons. The number of hydrogen-bond donors (Lipinski definition) is 3. The van der Waals surface area contributed by atoms with Gasteiger partial charge in [0.25, 0.3) is 0 Å². The van der Waals surface area contributed by atoms with Crippen LogP contribution in [0.2, 0.25) is 0 Å². The second-order valence-electron chi connectivity index (χ2n) is 8.72. The van der Waals surface area contributed by atoms with Crippen LogP contribution in [0.4, 0.5) is 0 Å². The molecular weight excluding hydrogens is 446 g/mol. The molecule has 0 saturated heterocycles. The van der Waals surface area contributed by atoms with Crippen LogP contribution in [0.3, 0.4) is 0 Å². The summed E-state index contributed by atoms with van der Waals surface area (Å²) < 4.78 is 17.6. The standard InChI is InChI=1S/C28H31NO6/c1-18-6-7-20(15-29-16-23(30)14-28(31)32)12-26(18)35-17-22-4-3-5-24(19(22)2)21-8-9-25-27(13-21)34-11-10-33-25/h3-9,12-13,23,29-30H,10-11,14-17H2,1-2H3,(H,31,32)/t23-/m0/s1. The van der Waals surface area contributed by atoms with Crippen LogP contribution in [0.25, 0.3) is 11.1 Å². The summed E-state index contributed by atoms with van der Waals surface area (Å²) in [6.07, 6.45) is -1.20. The van der Waals surface area contributed by atoms with Gasteiger partial charge in [-0.25, -0.2) is 0 Å². The number of aliphatic carboxylic acids is 1. The van der Waals surface area contributed by atoms with Gasteiger partial charge in [0.1, 0.15) is 25.6 Å². The number of carboxylic acids is 1. The number of carbonyl (C=O) groups is 1. The van der Waals surface area contributed by atoms with Crippen molar-refractivity contribution < 1.29 is 29.2 Å². The lowest BCUT2D eigenvalue weighted by atomic mass is 9.96. The van der Waals surface area contributed by atoms with Crippen molar-refractivity contribution in [2.24, 2.45) is 0 Å². The van der Waals surface area contributed by atoms with Gasteiger partial charge in [0, 0.05) is 13.1 Å². The Morgan fingerprint density at radius 3 is 2.66 bits per heavy atom. The van der Waals surface area contributed by atoms with E-state index in [1.165, 1.54) is 0 Å². The zero-order valence-corrected chi connectivity index (χ0v) is 20.0. The molecule has 35 heavy (non-hydrogen) atoms. The molecule has 1 aliphatic rings. The summed E-state index contributed by atoms with van der Waals surface area (Å²) in [4.78, 5) is 10.7. The van der Waals surface area contributed by atoms with Crippen LogP contribution in [-0.2, 0) is 17.9 Å². The average molecular weight is 478 g/mol. The maximum absolute atomic E-state index is 10.7. The van der Waals surface area contributed by atoms with Crippen molar-refractivity contribution in [3.8, 4) is 28.4 Å². The molecule has 0 amide bonds. The second-order valence-corrected chi connectivity index (χ2v) is 8.72. The molecule has 0 saturated carbocycles. The first-order valence-electron chi connectivity index (χ1n) is 11.7. The van der Waals surface area contributed by atoms with Crippen LogP contribution in [-0.4, -0.2) is 42.0 Å². The highest BCUT2D eigenvalue weighted by atomic mass is 16.6. The predicted molar refractivity (Wildman–Crippen MR) is 133 cm³/mol. The molecule has 0 radical (unpaired) electrons. The normalized spacial score (nSPS) is 13.3. The third-order valence-electron chi connectivity index (χ3n) is 6.05. The van der Waals surface area contributed by atoms with E-state index in [0.29, 0.717) is 26.4 Å².